The molecule has 13 heteroatoms. The standard InChI is InChI=1S/C37H49N3O9S/c1-36(2,3)48-32(42)19-25-12-7-5-4-6-8-13-26-21-37(26,35(44)39-50(45,46)49-27-15-16-27)22-31(41)30-20-28(23-40(30)34(25)43)47-33-29-14-10-9-11-24(29)17-18-38-33/h9-11,14,17-18,25-28,30H,4-8,12-13,15-16,19-23H2,1-3H3,(H,39,44)/t25-,26-,28-,30+,37-/m1/s1. The lowest BCUT2D eigenvalue weighted by Gasteiger charge is -2.29. The van der Waals surface area contributed by atoms with Crippen molar-refractivity contribution < 1.29 is 41.3 Å². The predicted octanol–water partition coefficient (Wildman–Crippen LogP) is 5.18. The molecule has 1 aromatic carbocycles. The number of hydrogen-bond acceptors (Lipinski definition) is 10. The summed E-state index contributed by atoms with van der Waals surface area (Å²) >= 11 is 0. The molecule has 3 heterocycles. The lowest BCUT2D eigenvalue weighted by molar-refractivity contribution is -0.159. The van der Waals surface area contributed by atoms with Crippen molar-refractivity contribution in [3.8, 4) is 5.88 Å². The normalized spacial score (nSPS) is 28.2. The maximum Gasteiger partial charge on any atom is 0.362 e. The number of carbonyl (C=O) groups excluding carboxylic acids is 4. The number of aromatic nitrogens is 1. The van der Waals surface area contributed by atoms with Crippen LogP contribution in [0, 0.1) is 17.3 Å². The molecule has 0 unspecified atom stereocenters. The Balaban J connectivity index is 1.28. The van der Waals surface area contributed by atoms with E-state index < -0.39 is 57.4 Å². The lowest BCUT2D eigenvalue weighted by Crippen LogP contribution is -2.46. The first-order valence-electron chi connectivity index (χ1n) is 18.0. The molecule has 2 aliphatic carbocycles. The molecule has 0 spiro atoms. The van der Waals surface area contributed by atoms with Gasteiger partial charge in [0.2, 0.25) is 17.7 Å². The highest BCUT2D eigenvalue weighted by molar-refractivity contribution is 7.85. The largest absolute Gasteiger partial charge is 0.472 e. The van der Waals surface area contributed by atoms with Crippen LogP contribution in [0.4, 0.5) is 0 Å². The number of nitrogens with one attached hydrogen (secondary N) is 1. The van der Waals surface area contributed by atoms with Crippen LogP contribution < -0.4 is 9.46 Å². The van der Waals surface area contributed by atoms with E-state index in [1.807, 2.05) is 30.3 Å². The molecule has 0 bridgehead atoms. The van der Waals surface area contributed by atoms with Crippen LogP contribution in [0.1, 0.15) is 104 Å². The van der Waals surface area contributed by atoms with E-state index in [0.29, 0.717) is 38.0 Å². The number of ether oxygens (including phenoxy) is 2. The summed E-state index contributed by atoms with van der Waals surface area (Å²) in [5.41, 5.74) is -1.93. The maximum absolute atomic E-state index is 14.4. The van der Waals surface area contributed by atoms with Crippen LogP contribution in [0.15, 0.2) is 36.5 Å². The number of amides is 2. The van der Waals surface area contributed by atoms with E-state index in [1.54, 1.807) is 27.0 Å². The average molecular weight is 712 g/mol. The van der Waals surface area contributed by atoms with Gasteiger partial charge in [0.15, 0.2) is 5.78 Å². The van der Waals surface area contributed by atoms with E-state index >= 15 is 0 Å². The SMILES string of the molecule is CC(C)(C)OC(=O)C[C@H]1CCCCCCC[C@@H]2C[C@@]2(C(=O)NS(=O)(=O)OC2CC2)CC(=O)[C@@H]2C[C@@H](Oc3nccc4ccccc34)CN2C1=O. The molecule has 2 saturated heterocycles. The fraction of sp³-hybridized carbons (Fsp3) is 0.649. The third-order valence-corrected chi connectivity index (χ3v) is 11.3. The van der Waals surface area contributed by atoms with Gasteiger partial charge in [0.05, 0.1) is 30.5 Å². The van der Waals surface area contributed by atoms with E-state index in [-0.39, 0.29) is 43.4 Å². The fourth-order valence-corrected chi connectivity index (χ4v) is 8.59. The highest BCUT2D eigenvalue weighted by Crippen LogP contribution is 2.58. The Hall–Kier alpha value is -3.58. The molecule has 12 nitrogen and oxygen atoms in total. The van der Waals surface area contributed by atoms with Crippen LogP contribution in [0.25, 0.3) is 10.8 Å². The van der Waals surface area contributed by atoms with Gasteiger partial charge >= 0.3 is 16.3 Å². The van der Waals surface area contributed by atoms with Crippen molar-refractivity contribution in [2.45, 2.75) is 128 Å². The van der Waals surface area contributed by atoms with Gasteiger partial charge in [-0.3, -0.25) is 23.4 Å². The number of hydrogen-bond donors (Lipinski definition) is 1. The van der Waals surface area contributed by atoms with Crippen molar-refractivity contribution in [3.63, 3.8) is 0 Å². The summed E-state index contributed by atoms with van der Waals surface area (Å²) < 4.78 is 44.5. The Labute approximate surface area is 294 Å². The Morgan fingerprint density at radius 1 is 0.980 bits per heavy atom. The van der Waals surface area contributed by atoms with E-state index in [0.717, 1.165) is 42.9 Å². The number of fused-ring (bicyclic) bond motifs is 3. The van der Waals surface area contributed by atoms with Crippen molar-refractivity contribution in [2.75, 3.05) is 6.54 Å². The Bertz CT molecular complexity index is 1710. The van der Waals surface area contributed by atoms with Gasteiger partial charge in [0.25, 0.3) is 0 Å². The van der Waals surface area contributed by atoms with Gasteiger partial charge in [-0.25, -0.2) is 9.71 Å². The highest BCUT2D eigenvalue weighted by atomic mass is 32.2. The van der Waals surface area contributed by atoms with Crippen LogP contribution in [-0.4, -0.2) is 72.3 Å². The summed E-state index contributed by atoms with van der Waals surface area (Å²) in [4.78, 5) is 61.5. The molecule has 4 aliphatic rings. The smallest absolute Gasteiger partial charge is 0.362 e. The molecule has 0 radical (unpaired) electrons. The van der Waals surface area contributed by atoms with Crippen molar-refractivity contribution in [3.05, 3.63) is 36.5 Å². The first kappa shape index (κ1) is 36.2. The number of ketones is 1. The predicted molar refractivity (Wildman–Crippen MR) is 184 cm³/mol. The van der Waals surface area contributed by atoms with Crippen LogP contribution in [0.3, 0.4) is 0 Å². The monoisotopic (exact) mass is 711 g/mol. The molecule has 50 heavy (non-hydrogen) atoms. The molecular weight excluding hydrogens is 662 g/mol. The van der Waals surface area contributed by atoms with Crippen LogP contribution in [0.5, 0.6) is 5.88 Å². The minimum Gasteiger partial charge on any atom is -0.472 e. The topological polar surface area (TPSA) is 158 Å². The van der Waals surface area contributed by atoms with Gasteiger partial charge in [0.1, 0.15) is 11.7 Å². The number of rotatable bonds is 8. The minimum absolute atomic E-state index is 0.0944. The second-order valence-electron chi connectivity index (χ2n) is 15.5. The lowest BCUT2D eigenvalue weighted by atomic mass is 9.90. The van der Waals surface area contributed by atoms with Gasteiger partial charge in [0, 0.05) is 30.3 Å². The number of pyridine rings is 1. The number of Topliss-reactive ketones (excluding diaryl/α,β-unsaturated/α-hetero) is 1. The third kappa shape index (κ3) is 8.82. The van der Waals surface area contributed by atoms with Crippen molar-refractivity contribution >= 4 is 44.6 Å². The Morgan fingerprint density at radius 2 is 1.70 bits per heavy atom. The van der Waals surface area contributed by atoms with Gasteiger partial charge in [-0.1, -0.05) is 50.3 Å². The molecule has 4 fully saturated rings. The molecule has 2 aliphatic heterocycles. The zero-order valence-corrected chi connectivity index (χ0v) is 30.0. The second-order valence-corrected chi connectivity index (χ2v) is 16.8. The summed E-state index contributed by atoms with van der Waals surface area (Å²) in [6, 6.07) is 8.59. The first-order valence-corrected chi connectivity index (χ1v) is 19.4. The maximum atomic E-state index is 14.4. The van der Waals surface area contributed by atoms with E-state index in [9.17, 15) is 27.6 Å². The van der Waals surface area contributed by atoms with E-state index in [2.05, 4.69) is 9.71 Å². The van der Waals surface area contributed by atoms with Gasteiger partial charge in [-0.15, -0.1) is 0 Å². The molecule has 1 aromatic heterocycles. The minimum atomic E-state index is -4.33. The number of nitrogens with zero attached hydrogens (tertiary/aromatic N) is 2. The zero-order valence-electron chi connectivity index (χ0n) is 29.2. The zero-order chi connectivity index (χ0) is 35.7. The first-order chi connectivity index (χ1) is 23.7. The quantitative estimate of drug-likeness (QED) is 0.362. The van der Waals surface area contributed by atoms with Gasteiger partial charge in [-0.2, -0.15) is 8.42 Å². The van der Waals surface area contributed by atoms with Crippen molar-refractivity contribution in [1.29, 1.82) is 0 Å². The summed E-state index contributed by atoms with van der Waals surface area (Å²) in [6.07, 6.45) is 7.51. The number of carbonyl (C=O) groups is 4. The summed E-state index contributed by atoms with van der Waals surface area (Å²) in [5, 5.41) is 1.73. The molecule has 2 saturated carbocycles. The van der Waals surface area contributed by atoms with E-state index in [4.69, 9.17) is 13.7 Å². The molecule has 2 amide bonds. The Morgan fingerprint density at radius 3 is 2.44 bits per heavy atom. The third-order valence-electron chi connectivity index (χ3n) is 10.3. The van der Waals surface area contributed by atoms with Crippen LogP contribution in [0.2, 0.25) is 0 Å². The molecule has 2 aromatic rings. The van der Waals surface area contributed by atoms with E-state index in [1.165, 1.54) is 4.90 Å². The molecular formula is C37H49N3O9S. The van der Waals surface area contributed by atoms with Gasteiger partial charge in [-0.05, 0) is 76.3 Å². The average Bonchev–Trinajstić information content (AvgIpc) is 3.94. The van der Waals surface area contributed by atoms with Crippen LogP contribution in [-0.2, 0) is 38.4 Å². The summed E-state index contributed by atoms with van der Waals surface area (Å²) in [6.45, 7) is 5.43. The molecule has 272 valence electrons. The molecule has 1 N–H and O–H groups in total. The fourth-order valence-electron chi connectivity index (χ4n) is 7.56. The highest BCUT2D eigenvalue weighted by Gasteiger charge is 2.62. The number of esters is 1. The summed E-state index contributed by atoms with van der Waals surface area (Å²) in [5.74, 6) is -2.34. The summed E-state index contributed by atoms with van der Waals surface area (Å²) in [7, 11) is -4.33. The molecule has 5 atom stereocenters. The van der Waals surface area contributed by atoms with Crippen molar-refractivity contribution in [1.82, 2.24) is 14.6 Å². The van der Waals surface area contributed by atoms with Gasteiger partial charge < -0.3 is 14.4 Å². The molecule has 6 rings (SSSR count). The Kier molecular flexibility index (Phi) is 10.6. The second kappa shape index (κ2) is 14.6. The van der Waals surface area contributed by atoms with Crippen LogP contribution >= 0.6 is 0 Å². The number of benzene rings is 1. The van der Waals surface area contributed by atoms with Crippen molar-refractivity contribution in [2.24, 2.45) is 17.3 Å².